The predicted octanol–water partition coefficient (Wildman–Crippen LogP) is 1.92. The number of halogens is 2. The third kappa shape index (κ3) is 6.83. The largest absolute Gasteiger partial charge is 0.348 e. The van der Waals surface area contributed by atoms with E-state index in [9.17, 15) is 18.8 Å². The maximum atomic E-state index is 14.0. The molecule has 0 radical (unpaired) electrons. The Morgan fingerprint density at radius 3 is 2.65 bits per heavy atom. The van der Waals surface area contributed by atoms with Gasteiger partial charge in [0, 0.05) is 45.6 Å². The van der Waals surface area contributed by atoms with E-state index in [4.69, 9.17) is 11.6 Å². The van der Waals surface area contributed by atoms with Crippen molar-refractivity contribution in [3.05, 3.63) is 82.4 Å². The number of hydrogen-bond acceptors (Lipinski definition) is 6. The molecule has 3 amide bonds. The van der Waals surface area contributed by atoms with Crippen molar-refractivity contribution in [2.24, 2.45) is 0 Å². The van der Waals surface area contributed by atoms with Crippen LogP contribution in [0, 0.1) is 5.82 Å². The molecule has 2 atom stereocenters. The molecule has 1 saturated heterocycles. The maximum absolute atomic E-state index is 14.0. The molecule has 12 heteroatoms. The molecule has 1 fully saturated rings. The van der Waals surface area contributed by atoms with Crippen molar-refractivity contribution in [3.63, 3.8) is 0 Å². The Labute approximate surface area is 236 Å². The van der Waals surface area contributed by atoms with Crippen molar-refractivity contribution in [2.75, 3.05) is 19.6 Å². The first-order valence-corrected chi connectivity index (χ1v) is 13.7. The van der Waals surface area contributed by atoms with Crippen molar-refractivity contribution >= 4 is 29.3 Å². The second kappa shape index (κ2) is 12.6. The number of aromatic nitrogens is 3. The Morgan fingerprint density at radius 1 is 1.02 bits per heavy atom. The predicted molar refractivity (Wildman–Crippen MR) is 145 cm³/mol. The van der Waals surface area contributed by atoms with Gasteiger partial charge in [-0.3, -0.25) is 24.0 Å². The van der Waals surface area contributed by atoms with E-state index in [1.54, 1.807) is 27.9 Å². The second-order valence-corrected chi connectivity index (χ2v) is 10.5. The number of fused-ring (bicyclic) bond motifs is 3. The van der Waals surface area contributed by atoms with E-state index in [0.29, 0.717) is 38.2 Å². The molecule has 10 nitrogen and oxygen atoms in total. The fourth-order valence-corrected chi connectivity index (χ4v) is 5.31. The van der Waals surface area contributed by atoms with Crippen LogP contribution in [-0.2, 0) is 40.4 Å². The molecule has 2 N–H and O–H groups in total. The summed E-state index contributed by atoms with van der Waals surface area (Å²) in [6.07, 6.45) is 2.80. The molecule has 2 aliphatic rings. The summed E-state index contributed by atoms with van der Waals surface area (Å²) in [4.78, 5) is 44.0. The number of piperazine rings is 1. The topological polar surface area (TPSA) is 112 Å². The zero-order valence-electron chi connectivity index (χ0n) is 21.9. The van der Waals surface area contributed by atoms with E-state index in [0.717, 1.165) is 11.1 Å². The van der Waals surface area contributed by atoms with Crippen LogP contribution in [-0.4, -0.2) is 74.2 Å². The SMILES string of the molecule is O=C1CCCn2cc(nn2)CNC(=O)[C@H]2CN(Cc3ccc(F)c(Cl)c3)CCN2C(=O)[C@H](Cc2ccccc2)N1. The van der Waals surface area contributed by atoms with Crippen LogP contribution in [0.2, 0.25) is 5.02 Å². The van der Waals surface area contributed by atoms with Crippen LogP contribution in [0.1, 0.15) is 29.7 Å². The average Bonchev–Trinajstić information content (AvgIpc) is 3.40. The van der Waals surface area contributed by atoms with Gasteiger partial charge >= 0.3 is 0 Å². The number of hydrogen-bond donors (Lipinski definition) is 2. The van der Waals surface area contributed by atoms with Crippen LogP contribution in [0.5, 0.6) is 0 Å². The van der Waals surface area contributed by atoms with Gasteiger partial charge < -0.3 is 15.5 Å². The van der Waals surface area contributed by atoms with Gasteiger partial charge in [-0.05, 0) is 29.7 Å². The van der Waals surface area contributed by atoms with Gasteiger partial charge in [0.05, 0.1) is 17.8 Å². The Balaban J connectivity index is 1.41. The zero-order chi connectivity index (χ0) is 28.1. The molecule has 2 aliphatic heterocycles. The van der Waals surface area contributed by atoms with Crippen LogP contribution in [0.3, 0.4) is 0 Å². The second-order valence-electron chi connectivity index (χ2n) is 10.1. The average molecular weight is 568 g/mol. The van der Waals surface area contributed by atoms with Gasteiger partial charge in [-0.15, -0.1) is 5.10 Å². The molecule has 2 bridgehead atoms. The van der Waals surface area contributed by atoms with Crippen molar-refractivity contribution in [1.82, 2.24) is 35.4 Å². The number of nitrogens with one attached hydrogen (secondary N) is 2. The summed E-state index contributed by atoms with van der Waals surface area (Å²) in [5, 5.41) is 14.1. The first kappa shape index (κ1) is 27.7. The summed E-state index contributed by atoms with van der Waals surface area (Å²) < 4.78 is 15.3. The summed E-state index contributed by atoms with van der Waals surface area (Å²) >= 11 is 5.98. The number of nitrogens with zero attached hydrogens (tertiary/aromatic N) is 5. The quantitative estimate of drug-likeness (QED) is 0.498. The minimum Gasteiger partial charge on any atom is -0.348 e. The van der Waals surface area contributed by atoms with E-state index in [1.807, 2.05) is 35.2 Å². The van der Waals surface area contributed by atoms with Crippen molar-refractivity contribution in [1.29, 1.82) is 0 Å². The summed E-state index contributed by atoms with van der Waals surface area (Å²) in [6, 6.07) is 12.4. The number of benzene rings is 2. The van der Waals surface area contributed by atoms with Crippen LogP contribution in [0.15, 0.2) is 54.7 Å². The Hall–Kier alpha value is -3.83. The van der Waals surface area contributed by atoms with Gasteiger partial charge in [-0.25, -0.2) is 4.39 Å². The number of carbonyl (C=O) groups excluding carboxylic acids is 3. The summed E-state index contributed by atoms with van der Waals surface area (Å²) in [6.45, 7) is 2.11. The minimum atomic E-state index is -0.824. The van der Waals surface area contributed by atoms with Gasteiger partial charge in [0.25, 0.3) is 0 Å². The lowest BCUT2D eigenvalue weighted by atomic mass is 10.0. The van der Waals surface area contributed by atoms with Crippen LogP contribution >= 0.6 is 11.6 Å². The molecule has 0 spiro atoms. The molecule has 0 aliphatic carbocycles. The lowest BCUT2D eigenvalue weighted by Crippen LogP contribution is -2.63. The molecule has 210 valence electrons. The number of rotatable bonds is 4. The summed E-state index contributed by atoms with van der Waals surface area (Å²) in [5.41, 5.74) is 2.29. The van der Waals surface area contributed by atoms with E-state index in [1.165, 1.54) is 6.07 Å². The highest BCUT2D eigenvalue weighted by atomic mass is 35.5. The fraction of sp³-hybridized carbons (Fsp3) is 0.393. The Kier molecular flexibility index (Phi) is 8.71. The van der Waals surface area contributed by atoms with Crippen molar-refractivity contribution in [2.45, 2.75) is 51.0 Å². The Bertz CT molecular complexity index is 1370. The van der Waals surface area contributed by atoms with Crippen molar-refractivity contribution in [3.8, 4) is 0 Å². The molecule has 0 saturated carbocycles. The van der Waals surface area contributed by atoms with Crippen LogP contribution in [0.4, 0.5) is 4.39 Å². The maximum Gasteiger partial charge on any atom is 0.246 e. The fourth-order valence-electron chi connectivity index (χ4n) is 5.11. The molecule has 2 aromatic carbocycles. The van der Waals surface area contributed by atoms with Crippen molar-refractivity contribution < 1.29 is 18.8 Å². The third-order valence-corrected chi connectivity index (χ3v) is 7.47. The van der Waals surface area contributed by atoms with E-state index >= 15 is 0 Å². The number of amides is 3. The van der Waals surface area contributed by atoms with Gasteiger partial charge in [-0.1, -0.05) is 53.2 Å². The van der Waals surface area contributed by atoms with E-state index in [2.05, 4.69) is 20.9 Å². The molecule has 40 heavy (non-hydrogen) atoms. The van der Waals surface area contributed by atoms with E-state index < -0.39 is 17.9 Å². The van der Waals surface area contributed by atoms with Gasteiger partial charge in [0.1, 0.15) is 23.6 Å². The Morgan fingerprint density at radius 2 is 1.85 bits per heavy atom. The van der Waals surface area contributed by atoms with Crippen LogP contribution < -0.4 is 10.6 Å². The first-order valence-electron chi connectivity index (χ1n) is 13.3. The smallest absolute Gasteiger partial charge is 0.246 e. The molecule has 0 unspecified atom stereocenters. The third-order valence-electron chi connectivity index (χ3n) is 7.18. The molecular weight excluding hydrogens is 537 g/mol. The van der Waals surface area contributed by atoms with E-state index in [-0.39, 0.29) is 48.8 Å². The standard InChI is InChI=1S/C28H31ClFN7O3/c29-22-13-20(8-9-23(22)30)16-35-11-12-37-25(18-35)27(39)31-15-21-17-36(34-33-21)10-4-7-26(38)32-24(28(37)40)14-19-5-2-1-3-6-19/h1-3,5-6,8-9,13,17,24-25H,4,7,10-12,14-16,18H2,(H,31,39)(H,32,38)/t24-,25+/m0/s1. The molecule has 3 aromatic rings. The monoisotopic (exact) mass is 567 g/mol. The molecule has 5 rings (SSSR count). The molecule has 1 aromatic heterocycles. The molecule has 3 heterocycles. The minimum absolute atomic E-state index is 0.0329. The lowest BCUT2D eigenvalue weighted by Gasteiger charge is -2.42. The summed E-state index contributed by atoms with van der Waals surface area (Å²) in [5.74, 6) is -1.37. The van der Waals surface area contributed by atoms with Crippen LogP contribution in [0.25, 0.3) is 0 Å². The molecular formula is C28H31ClFN7O3. The lowest BCUT2D eigenvalue weighted by molar-refractivity contribution is -0.146. The normalized spacial score (nSPS) is 21.1. The number of aryl methyl sites for hydroxylation is 1. The highest BCUT2D eigenvalue weighted by Gasteiger charge is 2.38. The summed E-state index contributed by atoms with van der Waals surface area (Å²) in [7, 11) is 0. The first-order chi connectivity index (χ1) is 19.4. The zero-order valence-corrected chi connectivity index (χ0v) is 22.7. The van der Waals surface area contributed by atoms with Gasteiger partial charge in [0.15, 0.2) is 0 Å². The van der Waals surface area contributed by atoms with Gasteiger partial charge in [0.2, 0.25) is 17.7 Å². The highest BCUT2D eigenvalue weighted by molar-refractivity contribution is 6.30. The highest BCUT2D eigenvalue weighted by Crippen LogP contribution is 2.20. The van der Waals surface area contributed by atoms with Gasteiger partial charge in [-0.2, -0.15) is 0 Å². The number of carbonyl (C=O) groups is 3.